The molecular weight excluding hydrogens is 418 g/mol. The van der Waals surface area contributed by atoms with Crippen molar-refractivity contribution in [1.29, 1.82) is 0 Å². The van der Waals surface area contributed by atoms with Gasteiger partial charge in [0.2, 0.25) is 5.78 Å². The zero-order valence-corrected chi connectivity index (χ0v) is 18.5. The van der Waals surface area contributed by atoms with Crippen LogP contribution in [0.3, 0.4) is 0 Å². The molecule has 31 heavy (non-hydrogen) atoms. The standard InChI is InChI=1S/C22H24ClN5O3/c1-13-14(2)28-18-19(24-21(28)26(13)12-17-5-4-10-31-17)25(3)22(30)27(20(18)29)11-15-6-8-16(23)9-7-15/h6-9,17H,4-5,10-12H2,1-3H3/t17-/m0/s1. The van der Waals surface area contributed by atoms with E-state index in [0.717, 1.165) is 36.4 Å². The highest BCUT2D eigenvalue weighted by Crippen LogP contribution is 2.23. The molecule has 1 atom stereocenters. The number of nitrogens with zero attached hydrogens (tertiary/aromatic N) is 5. The largest absolute Gasteiger partial charge is 0.376 e. The van der Waals surface area contributed by atoms with Gasteiger partial charge < -0.3 is 9.30 Å². The summed E-state index contributed by atoms with van der Waals surface area (Å²) in [6, 6.07) is 7.14. The molecule has 4 heterocycles. The number of rotatable bonds is 4. The summed E-state index contributed by atoms with van der Waals surface area (Å²) in [6.45, 7) is 5.63. The topological polar surface area (TPSA) is 75.5 Å². The predicted molar refractivity (Wildman–Crippen MR) is 119 cm³/mol. The van der Waals surface area contributed by atoms with Crippen molar-refractivity contribution >= 4 is 28.5 Å². The summed E-state index contributed by atoms with van der Waals surface area (Å²) in [5.74, 6) is 0.664. The van der Waals surface area contributed by atoms with E-state index in [0.29, 0.717) is 28.5 Å². The Morgan fingerprint density at radius 1 is 1.13 bits per heavy atom. The molecule has 1 aliphatic heterocycles. The number of aryl methyl sites for hydroxylation is 2. The molecule has 0 N–H and O–H groups in total. The lowest BCUT2D eigenvalue weighted by Gasteiger charge is -2.12. The summed E-state index contributed by atoms with van der Waals surface area (Å²) in [6.07, 6.45) is 2.20. The Labute approximate surface area is 183 Å². The van der Waals surface area contributed by atoms with E-state index >= 15 is 0 Å². The Bertz CT molecular complexity index is 1420. The van der Waals surface area contributed by atoms with Crippen molar-refractivity contribution in [2.24, 2.45) is 7.05 Å². The molecular formula is C22H24ClN5O3. The fraction of sp³-hybridized carbons (Fsp3) is 0.409. The molecule has 0 unspecified atom stereocenters. The van der Waals surface area contributed by atoms with Crippen LogP contribution < -0.4 is 11.2 Å². The van der Waals surface area contributed by atoms with Crippen LogP contribution in [0.25, 0.3) is 16.9 Å². The smallest absolute Gasteiger partial charge is 0.332 e. The Morgan fingerprint density at radius 2 is 1.87 bits per heavy atom. The Hall–Kier alpha value is -2.84. The second-order valence-electron chi connectivity index (χ2n) is 8.20. The van der Waals surface area contributed by atoms with Crippen LogP contribution in [0.4, 0.5) is 0 Å². The lowest BCUT2D eigenvalue weighted by atomic mass is 10.2. The minimum atomic E-state index is -0.395. The van der Waals surface area contributed by atoms with E-state index < -0.39 is 5.69 Å². The number of hydrogen-bond donors (Lipinski definition) is 0. The molecule has 162 valence electrons. The van der Waals surface area contributed by atoms with Crippen LogP contribution in [0, 0.1) is 13.8 Å². The summed E-state index contributed by atoms with van der Waals surface area (Å²) < 4.78 is 12.5. The van der Waals surface area contributed by atoms with Crippen molar-refractivity contribution in [2.75, 3.05) is 6.61 Å². The van der Waals surface area contributed by atoms with Crippen molar-refractivity contribution in [3.05, 3.63) is 67.1 Å². The number of aromatic nitrogens is 5. The molecule has 4 aromatic rings. The van der Waals surface area contributed by atoms with Crippen molar-refractivity contribution < 1.29 is 4.74 Å². The van der Waals surface area contributed by atoms with Gasteiger partial charge in [-0.25, -0.2) is 4.79 Å². The average molecular weight is 442 g/mol. The van der Waals surface area contributed by atoms with Gasteiger partial charge in [-0.1, -0.05) is 23.7 Å². The Balaban J connectivity index is 1.73. The zero-order valence-electron chi connectivity index (χ0n) is 17.8. The predicted octanol–water partition coefficient (Wildman–Crippen LogP) is 2.65. The van der Waals surface area contributed by atoms with Crippen LogP contribution in [0.2, 0.25) is 5.02 Å². The fourth-order valence-corrected chi connectivity index (χ4v) is 4.56. The van der Waals surface area contributed by atoms with Crippen LogP contribution in [0.15, 0.2) is 33.9 Å². The first kappa shape index (κ1) is 20.1. The highest BCUT2D eigenvalue weighted by molar-refractivity contribution is 6.30. The van der Waals surface area contributed by atoms with E-state index in [2.05, 4.69) is 4.57 Å². The Kier molecular flexibility index (Phi) is 4.79. The third-order valence-corrected chi connectivity index (χ3v) is 6.55. The lowest BCUT2D eigenvalue weighted by molar-refractivity contribution is 0.0974. The lowest BCUT2D eigenvalue weighted by Crippen LogP contribution is -2.39. The van der Waals surface area contributed by atoms with Gasteiger partial charge in [0.1, 0.15) is 0 Å². The zero-order chi connectivity index (χ0) is 21.9. The molecule has 8 nitrogen and oxygen atoms in total. The van der Waals surface area contributed by atoms with E-state index in [4.69, 9.17) is 21.3 Å². The van der Waals surface area contributed by atoms with Crippen LogP contribution in [0.5, 0.6) is 0 Å². The van der Waals surface area contributed by atoms with Gasteiger partial charge in [-0.15, -0.1) is 0 Å². The molecule has 1 aliphatic rings. The second-order valence-corrected chi connectivity index (χ2v) is 8.63. The van der Waals surface area contributed by atoms with Crippen molar-refractivity contribution in [3.63, 3.8) is 0 Å². The number of ether oxygens (including phenoxy) is 1. The van der Waals surface area contributed by atoms with Crippen molar-refractivity contribution in [2.45, 2.75) is 45.9 Å². The minimum Gasteiger partial charge on any atom is -0.376 e. The average Bonchev–Trinajstić information content (AvgIpc) is 3.46. The Morgan fingerprint density at radius 3 is 2.55 bits per heavy atom. The monoisotopic (exact) mass is 441 g/mol. The third-order valence-electron chi connectivity index (χ3n) is 6.29. The van der Waals surface area contributed by atoms with Crippen LogP contribution in [0.1, 0.15) is 29.8 Å². The fourth-order valence-electron chi connectivity index (χ4n) is 4.44. The molecule has 9 heteroatoms. The summed E-state index contributed by atoms with van der Waals surface area (Å²) in [5.41, 5.74) is 2.86. The highest BCUT2D eigenvalue weighted by atomic mass is 35.5. The van der Waals surface area contributed by atoms with E-state index in [1.165, 1.54) is 9.13 Å². The first-order chi connectivity index (χ1) is 14.9. The maximum atomic E-state index is 13.5. The van der Waals surface area contributed by atoms with Crippen molar-refractivity contribution in [1.82, 2.24) is 23.1 Å². The molecule has 0 spiro atoms. The number of fused-ring (bicyclic) bond motifs is 3. The van der Waals surface area contributed by atoms with Crippen LogP contribution in [-0.2, 0) is 24.9 Å². The maximum Gasteiger partial charge on any atom is 0.332 e. The maximum absolute atomic E-state index is 13.5. The van der Waals surface area contributed by atoms with E-state index in [9.17, 15) is 9.59 Å². The van der Waals surface area contributed by atoms with E-state index in [-0.39, 0.29) is 18.2 Å². The SMILES string of the molecule is Cc1c(C)n2c3c(=O)n(Cc4ccc(Cl)cc4)c(=O)n(C)c3nc2n1C[C@@H]1CCCO1. The molecule has 0 saturated carbocycles. The van der Waals surface area contributed by atoms with Gasteiger partial charge in [-0.05, 0) is 44.4 Å². The van der Waals surface area contributed by atoms with Gasteiger partial charge >= 0.3 is 5.69 Å². The molecule has 5 rings (SSSR count). The summed E-state index contributed by atoms with van der Waals surface area (Å²) in [7, 11) is 1.65. The van der Waals surface area contributed by atoms with Gasteiger partial charge in [0.15, 0.2) is 11.2 Å². The van der Waals surface area contributed by atoms with Crippen LogP contribution in [-0.4, -0.2) is 35.8 Å². The van der Waals surface area contributed by atoms with Gasteiger partial charge in [0.05, 0.1) is 19.2 Å². The summed E-state index contributed by atoms with van der Waals surface area (Å²) in [5, 5.41) is 0.607. The molecule has 0 aliphatic carbocycles. The molecule has 1 aromatic carbocycles. The van der Waals surface area contributed by atoms with Gasteiger partial charge in [0.25, 0.3) is 5.56 Å². The third kappa shape index (κ3) is 3.13. The molecule has 3 aromatic heterocycles. The van der Waals surface area contributed by atoms with Gasteiger partial charge in [-0.2, -0.15) is 4.98 Å². The van der Waals surface area contributed by atoms with E-state index in [1.54, 1.807) is 19.2 Å². The van der Waals surface area contributed by atoms with Gasteiger partial charge in [0, 0.05) is 30.1 Å². The molecule has 1 fully saturated rings. The second kappa shape index (κ2) is 7.39. The number of benzene rings is 1. The molecule has 0 amide bonds. The highest BCUT2D eigenvalue weighted by Gasteiger charge is 2.25. The van der Waals surface area contributed by atoms with Crippen molar-refractivity contribution in [3.8, 4) is 0 Å². The number of hydrogen-bond acceptors (Lipinski definition) is 4. The summed E-state index contributed by atoms with van der Waals surface area (Å²) in [4.78, 5) is 31.2. The quantitative estimate of drug-likeness (QED) is 0.488. The summed E-state index contributed by atoms with van der Waals surface area (Å²) >= 11 is 5.97. The minimum absolute atomic E-state index is 0.138. The molecule has 0 radical (unpaired) electrons. The number of imidazole rings is 2. The first-order valence-corrected chi connectivity index (χ1v) is 10.8. The van der Waals surface area contributed by atoms with E-state index in [1.807, 2.05) is 30.4 Å². The molecule has 1 saturated heterocycles. The first-order valence-electron chi connectivity index (χ1n) is 10.4. The number of halogens is 1. The molecule has 0 bridgehead atoms. The van der Waals surface area contributed by atoms with Crippen LogP contribution >= 0.6 is 11.6 Å². The van der Waals surface area contributed by atoms with Gasteiger partial charge in [-0.3, -0.25) is 18.3 Å². The normalized spacial score (nSPS) is 16.7.